The first-order valence-corrected chi connectivity index (χ1v) is 12.0. The monoisotopic (exact) mass is 505 g/mol. The van der Waals surface area contributed by atoms with E-state index in [0.29, 0.717) is 0 Å². The van der Waals surface area contributed by atoms with Crippen LogP contribution in [0, 0.1) is 11.8 Å². The molecule has 1 rings (SSSR count). The summed E-state index contributed by atoms with van der Waals surface area (Å²) in [5.41, 5.74) is 11.8. The SMILES string of the molecule is CC(C)CC(NC(=O)C(CCC(N)=O)NC(=O)C(N)C(C)C)C(=O)NC(Cc1ccccc1)C(=O)O. The molecule has 1 aromatic rings. The van der Waals surface area contributed by atoms with E-state index in [4.69, 9.17) is 11.5 Å². The molecule has 0 aromatic heterocycles. The highest BCUT2D eigenvalue weighted by atomic mass is 16.4. The summed E-state index contributed by atoms with van der Waals surface area (Å²) in [4.78, 5) is 61.7. The smallest absolute Gasteiger partial charge is 0.326 e. The standard InChI is InChI=1S/C25H39N5O6/c1-14(2)12-18(23(33)30-19(25(35)36)13-16-8-6-5-7-9-16)29-22(32)17(10-11-20(26)31)28-24(34)21(27)15(3)4/h5-9,14-15,17-19,21H,10-13,27H2,1-4H3,(H2,26,31)(H,28,34)(H,29,32)(H,30,33)(H,35,36). The maximum Gasteiger partial charge on any atom is 0.326 e. The van der Waals surface area contributed by atoms with E-state index in [-0.39, 0.29) is 37.5 Å². The zero-order valence-electron chi connectivity index (χ0n) is 21.3. The van der Waals surface area contributed by atoms with Gasteiger partial charge in [0.15, 0.2) is 0 Å². The van der Waals surface area contributed by atoms with Crippen molar-refractivity contribution in [1.29, 1.82) is 0 Å². The number of carboxylic acid groups (broad SMARTS) is 1. The van der Waals surface area contributed by atoms with Gasteiger partial charge < -0.3 is 32.5 Å². The summed E-state index contributed by atoms with van der Waals surface area (Å²) >= 11 is 0. The first-order chi connectivity index (χ1) is 16.8. The molecule has 4 unspecified atom stereocenters. The lowest BCUT2D eigenvalue weighted by atomic mass is 10.00. The van der Waals surface area contributed by atoms with Gasteiger partial charge in [0.1, 0.15) is 18.1 Å². The summed E-state index contributed by atoms with van der Waals surface area (Å²) in [6, 6.07) is 4.53. The number of amides is 4. The van der Waals surface area contributed by atoms with E-state index in [9.17, 15) is 29.1 Å². The second-order valence-corrected chi connectivity index (χ2v) is 9.62. The summed E-state index contributed by atoms with van der Waals surface area (Å²) in [6.45, 7) is 7.19. The van der Waals surface area contributed by atoms with Crippen LogP contribution in [0.1, 0.15) is 52.5 Å². The van der Waals surface area contributed by atoms with E-state index in [0.717, 1.165) is 5.56 Å². The number of aliphatic carboxylic acids is 1. The van der Waals surface area contributed by atoms with E-state index < -0.39 is 53.8 Å². The summed E-state index contributed by atoms with van der Waals surface area (Å²) in [6.07, 6.45) is 0.0277. The van der Waals surface area contributed by atoms with Gasteiger partial charge >= 0.3 is 5.97 Å². The number of carbonyl (C=O) groups excluding carboxylic acids is 4. The summed E-state index contributed by atoms with van der Waals surface area (Å²) in [5.74, 6) is -4.02. The molecule has 11 nitrogen and oxygen atoms in total. The molecule has 0 fully saturated rings. The Morgan fingerprint density at radius 3 is 1.86 bits per heavy atom. The molecule has 200 valence electrons. The molecule has 0 bridgehead atoms. The van der Waals surface area contributed by atoms with Crippen molar-refractivity contribution in [3.8, 4) is 0 Å². The third kappa shape index (κ3) is 10.9. The molecule has 8 N–H and O–H groups in total. The molecule has 0 radical (unpaired) electrons. The summed E-state index contributed by atoms with van der Waals surface area (Å²) in [5, 5.41) is 17.3. The molecule has 0 saturated carbocycles. The summed E-state index contributed by atoms with van der Waals surface area (Å²) in [7, 11) is 0. The quantitative estimate of drug-likeness (QED) is 0.194. The maximum atomic E-state index is 13.1. The molecular formula is C25H39N5O6. The number of hydrogen-bond donors (Lipinski definition) is 6. The summed E-state index contributed by atoms with van der Waals surface area (Å²) < 4.78 is 0. The third-order valence-electron chi connectivity index (χ3n) is 5.57. The molecule has 0 aliphatic rings. The third-order valence-corrected chi connectivity index (χ3v) is 5.57. The second kappa shape index (κ2) is 14.8. The van der Waals surface area contributed by atoms with Gasteiger partial charge in [0.25, 0.3) is 0 Å². The fraction of sp³-hybridized carbons (Fsp3) is 0.560. The van der Waals surface area contributed by atoms with Crippen LogP contribution >= 0.6 is 0 Å². The molecule has 0 spiro atoms. The van der Waals surface area contributed by atoms with Gasteiger partial charge in [0.05, 0.1) is 6.04 Å². The van der Waals surface area contributed by atoms with Gasteiger partial charge in [-0.2, -0.15) is 0 Å². The molecular weight excluding hydrogens is 466 g/mol. The van der Waals surface area contributed by atoms with Gasteiger partial charge in [-0.25, -0.2) is 4.79 Å². The van der Waals surface area contributed by atoms with E-state index in [1.165, 1.54) is 0 Å². The van der Waals surface area contributed by atoms with Crippen LogP contribution in [0.5, 0.6) is 0 Å². The Balaban J connectivity index is 3.03. The highest BCUT2D eigenvalue weighted by Gasteiger charge is 2.31. The molecule has 4 atom stereocenters. The van der Waals surface area contributed by atoms with Crippen molar-refractivity contribution in [1.82, 2.24) is 16.0 Å². The zero-order chi connectivity index (χ0) is 27.4. The van der Waals surface area contributed by atoms with Crippen molar-refractivity contribution in [2.45, 2.75) is 77.5 Å². The second-order valence-electron chi connectivity index (χ2n) is 9.62. The Bertz CT molecular complexity index is 905. The number of carbonyl (C=O) groups is 5. The van der Waals surface area contributed by atoms with Gasteiger partial charge in [0.2, 0.25) is 23.6 Å². The molecule has 0 saturated heterocycles. The first kappa shape index (κ1) is 30.6. The fourth-order valence-corrected chi connectivity index (χ4v) is 3.42. The number of carboxylic acids is 1. The minimum absolute atomic E-state index is 0.0218. The molecule has 0 aliphatic heterocycles. The number of benzene rings is 1. The first-order valence-electron chi connectivity index (χ1n) is 12.0. The average molecular weight is 506 g/mol. The van der Waals surface area contributed by atoms with E-state index in [2.05, 4.69) is 16.0 Å². The lowest BCUT2D eigenvalue weighted by Crippen LogP contribution is -2.58. The van der Waals surface area contributed by atoms with Gasteiger partial charge in [-0.1, -0.05) is 58.0 Å². The highest BCUT2D eigenvalue weighted by molar-refractivity contribution is 5.94. The van der Waals surface area contributed by atoms with Crippen molar-refractivity contribution in [2.75, 3.05) is 0 Å². The molecule has 36 heavy (non-hydrogen) atoms. The number of primary amides is 1. The number of rotatable bonds is 15. The predicted molar refractivity (Wildman–Crippen MR) is 134 cm³/mol. The van der Waals surface area contributed by atoms with Crippen LogP contribution in [0.25, 0.3) is 0 Å². The van der Waals surface area contributed by atoms with Gasteiger partial charge in [-0.3, -0.25) is 19.2 Å². The minimum Gasteiger partial charge on any atom is -0.480 e. The molecule has 11 heteroatoms. The van der Waals surface area contributed by atoms with Crippen LogP contribution in [-0.4, -0.2) is 58.9 Å². The van der Waals surface area contributed by atoms with Crippen LogP contribution < -0.4 is 27.4 Å². The van der Waals surface area contributed by atoms with Crippen LogP contribution in [-0.2, 0) is 30.4 Å². The van der Waals surface area contributed by atoms with E-state index in [1.807, 2.05) is 13.8 Å². The minimum atomic E-state index is -1.21. The maximum absolute atomic E-state index is 13.1. The van der Waals surface area contributed by atoms with Crippen LogP contribution in [0.3, 0.4) is 0 Å². The van der Waals surface area contributed by atoms with Crippen molar-refractivity contribution in [3.63, 3.8) is 0 Å². The van der Waals surface area contributed by atoms with Crippen molar-refractivity contribution >= 4 is 29.6 Å². The molecule has 0 aliphatic carbocycles. The largest absolute Gasteiger partial charge is 0.480 e. The van der Waals surface area contributed by atoms with Gasteiger partial charge in [-0.05, 0) is 30.2 Å². The van der Waals surface area contributed by atoms with E-state index >= 15 is 0 Å². The Morgan fingerprint density at radius 2 is 1.36 bits per heavy atom. The Hall–Kier alpha value is -3.47. The number of nitrogens with one attached hydrogen (secondary N) is 3. The zero-order valence-corrected chi connectivity index (χ0v) is 21.3. The topological polar surface area (TPSA) is 194 Å². The van der Waals surface area contributed by atoms with Gasteiger partial charge in [-0.15, -0.1) is 0 Å². The van der Waals surface area contributed by atoms with Crippen molar-refractivity contribution in [2.24, 2.45) is 23.3 Å². The van der Waals surface area contributed by atoms with Crippen molar-refractivity contribution in [3.05, 3.63) is 35.9 Å². The van der Waals surface area contributed by atoms with E-state index in [1.54, 1.807) is 44.2 Å². The molecule has 0 heterocycles. The number of nitrogens with two attached hydrogens (primary N) is 2. The molecule has 4 amide bonds. The normalized spacial score (nSPS) is 14.4. The number of hydrogen-bond acceptors (Lipinski definition) is 6. The van der Waals surface area contributed by atoms with Crippen LogP contribution in [0.15, 0.2) is 30.3 Å². The molecule has 1 aromatic carbocycles. The lowest BCUT2D eigenvalue weighted by molar-refractivity contribution is -0.142. The van der Waals surface area contributed by atoms with Crippen LogP contribution in [0.2, 0.25) is 0 Å². The Kier molecular flexibility index (Phi) is 12.6. The Labute approximate surface area is 211 Å². The van der Waals surface area contributed by atoms with Crippen molar-refractivity contribution < 1.29 is 29.1 Å². The Morgan fingerprint density at radius 1 is 0.833 bits per heavy atom. The van der Waals surface area contributed by atoms with Crippen LogP contribution in [0.4, 0.5) is 0 Å². The predicted octanol–water partition coefficient (Wildman–Crippen LogP) is 0.0630. The highest BCUT2D eigenvalue weighted by Crippen LogP contribution is 2.10. The lowest BCUT2D eigenvalue weighted by Gasteiger charge is -2.26. The van der Waals surface area contributed by atoms with Gasteiger partial charge in [0, 0.05) is 12.8 Å². The fourth-order valence-electron chi connectivity index (χ4n) is 3.42. The average Bonchev–Trinajstić information content (AvgIpc) is 2.80.